The standard InChI is InChI=1S/C18H17N7O2S/c1-12-2-6-14(7-3-12)24-18(28)16(10-19-24)17-20-21-22-23(17)11-13-4-8-15(9-5-13)25(26)27/h2-10,21-22,28H,11H2,1H3. The van der Waals surface area contributed by atoms with Crippen molar-refractivity contribution >= 4 is 24.2 Å². The van der Waals surface area contributed by atoms with Crippen molar-refractivity contribution in [1.82, 2.24) is 25.9 Å². The number of amidine groups is 1. The smallest absolute Gasteiger partial charge is 0.266 e. The summed E-state index contributed by atoms with van der Waals surface area (Å²) in [7, 11) is 0. The fourth-order valence-corrected chi connectivity index (χ4v) is 3.18. The number of hydrazine groups is 2. The van der Waals surface area contributed by atoms with Crippen molar-refractivity contribution in [1.29, 1.82) is 0 Å². The molecule has 0 atom stereocenters. The van der Waals surface area contributed by atoms with Crippen LogP contribution in [0.1, 0.15) is 16.7 Å². The quantitative estimate of drug-likeness (QED) is 0.349. The lowest BCUT2D eigenvalue weighted by Gasteiger charge is -2.18. The summed E-state index contributed by atoms with van der Waals surface area (Å²) < 4.78 is 1.74. The molecule has 1 aromatic heterocycles. The van der Waals surface area contributed by atoms with Crippen LogP contribution in [-0.4, -0.2) is 25.5 Å². The highest BCUT2D eigenvalue weighted by atomic mass is 32.1. The van der Waals surface area contributed by atoms with Gasteiger partial charge in [-0.3, -0.25) is 15.1 Å². The highest BCUT2D eigenvalue weighted by Gasteiger charge is 2.24. The second kappa shape index (κ2) is 7.33. The van der Waals surface area contributed by atoms with Crippen molar-refractivity contribution in [3.05, 3.63) is 81.5 Å². The molecule has 2 N–H and O–H groups in total. The highest BCUT2D eigenvalue weighted by molar-refractivity contribution is 7.80. The van der Waals surface area contributed by atoms with Crippen molar-refractivity contribution in [3.8, 4) is 5.69 Å². The van der Waals surface area contributed by atoms with Gasteiger partial charge in [0.05, 0.1) is 28.9 Å². The van der Waals surface area contributed by atoms with Crippen LogP contribution in [0.4, 0.5) is 5.69 Å². The summed E-state index contributed by atoms with van der Waals surface area (Å²) in [5.41, 5.74) is 9.46. The first kappa shape index (κ1) is 18.0. The van der Waals surface area contributed by atoms with Crippen molar-refractivity contribution in [3.63, 3.8) is 0 Å². The molecule has 0 saturated carbocycles. The van der Waals surface area contributed by atoms with Crippen LogP contribution in [0.2, 0.25) is 0 Å². The van der Waals surface area contributed by atoms with Gasteiger partial charge in [0.2, 0.25) is 0 Å². The number of nitro benzene ring substituents is 1. The Balaban J connectivity index is 1.57. The molecule has 0 radical (unpaired) electrons. The molecule has 1 aliphatic heterocycles. The summed E-state index contributed by atoms with van der Waals surface area (Å²) in [4.78, 5) is 10.4. The Kier molecular flexibility index (Phi) is 4.72. The molecule has 9 nitrogen and oxygen atoms in total. The number of non-ortho nitro benzene ring substituents is 1. The molecule has 4 rings (SSSR count). The van der Waals surface area contributed by atoms with Gasteiger partial charge in [0.25, 0.3) is 5.69 Å². The summed E-state index contributed by atoms with van der Waals surface area (Å²) in [5, 5.41) is 22.0. The predicted octanol–water partition coefficient (Wildman–Crippen LogP) is 2.56. The summed E-state index contributed by atoms with van der Waals surface area (Å²) in [6.45, 7) is 2.48. The number of hydrogen-bond donors (Lipinski definition) is 3. The van der Waals surface area contributed by atoms with Crippen LogP contribution in [0.15, 0.2) is 64.9 Å². The molecular formula is C18H17N7O2S. The summed E-state index contributed by atoms with van der Waals surface area (Å²) in [5.74, 6) is 0.627. The molecule has 0 spiro atoms. The molecular weight excluding hydrogens is 378 g/mol. The number of aryl methyl sites for hydroxylation is 1. The van der Waals surface area contributed by atoms with Crippen molar-refractivity contribution in [2.45, 2.75) is 18.5 Å². The van der Waals surface area contributed by atoms with Crippen molar-refractivity contribution in [2.24, 2.45) is 5.10 Å². The molecule has 1 aliphatic rings. The number of nitro groups is 1. The van der Waals surface area contributed by atoms with Gasteiger partial charge in [-0.25, -0.2) is 10.2 Å². The normalized spacial score (nSPS) is 13.4. The van der Waals surface area contributed by atoms with Gasteiger partial charge >= 0.3 is 0 Å². The number of thiol groups is 1. The molecule has 2 heterocycles. The number of hydrogen-bond acceptors (Lipinski definition) is 8. The van der Waals surface area contributed by atoms with Crippen molar-refractivity contribution < 1.29 is 4.92 Å². The van der Waals surface area contributed by atoms with Crippen LogP contribution in [0.25, 0.3) is 5.69 Å². The minimum Gasteiger partial charge on any atom is -0.266 e. The van der Waals surface area contributed by atoms with E-state index in [0.29, 0.717) is 17.4 Å². The predicted molar refractivity (Wildman–Crippen MR) is 107 cm³/mol. The minimum absolute atomic E-state index is 0.0576. The summed E-state index contributed by atoms with van der Waals surface area (Å²) >= 11 is 4.64. The number of rotatable bonds is 5. The molecule has 0 saturated heterocycles. The van der Waals surface area contributed by atoms with E-state index in [1.54, 1.807) is 28.0 Å². The first-order valence-electron chi connectivity index (χ1n) is 8.46. The van der Waals surface area contributed by atoms with E-state index in [-0.39, 0.29) is 5.69 Å². The number of nitrogens with one attached hydrogen (secondary N) is 2. The molecule has 0 aliphatic carbocycles. The Morgan fingerprint density at radius 3 is 2.54 bits per heavy atom. The van der Waals surface area contributed by atoms with E-state index in [0.717, 1.165) is 16.8 Å². The largest absolute Gasteiger partial charge is 0.269 e. The summed E-state index contributed by atoms with van der Waals surface area (Å²) in [6, 6.07) is 14.4. The first-order chi connectivity index (χ1) is 13.5. The molecule has 0 amide bonds. The lowest BCUT2D eigenvalue weighted by atomic mass is 10.2. The third-order valence-corrected chi connectivity index (χ3v) is 4.78. The van der Waals surface area contributed by atoms with E-state index in [4.69, 9.17) is 0 Å². The van der Waals surface area contributed by atoms with Gasteiger partial charge in [-0.15, -0.1) is 23.3 Å². The molecule has 0 fully saturated rings. The fraction of sp³-hybridized carbons (Fsp3) is 0.111. The minimum atomic E-state index is -0.418. The van der Waals surface area contributed by atoms with Crippen LogP contribution in [0.5, 0.6) is 0 Å². The van der Waals surface area contributed by atoms with E-state index in [1.165, 1.54) is 17.7 Å². The lowest BCUT2D eigenvalue weighted by Crippen LogP contribution is -2.40. The van der Waals surface area contributed by atoms with Gasteiger partial charge in [-0.2, -0.15) is 5.10 Å². The fourth-order valence-electron chi connectivity index (χ4n) is 2.85. The van der Waals surface area contributed by atoms with E-state index in [2.05, 4.69) is 33.9 Å². The Hall–Kier alpha value is -3.37. The monoisotopic (exact) mass is 395 g/mol. The van der Waals surface area contributed by atoms with Gasteiger partial charge in [0.15, 0.2) is 5.84 Å². The molecule has 10 heteroatoms. The first-order valence-corrected chi connectivity index (χ1v) is 8.91. The Labute approximate surface area is 166 Å². The molecule has 142 valence electrons. The lowest BCUT2D eigenvalue weighted by molar-refractivity contribution is -0.384. The van der Waals surface area contributed by atoms with Gasteiger partial charge < -0.3 is 0 Å². The van der Waals surface area contributed by atoms with E-state index < -0.39 is 4.92 Å². The second-order valence-electron chi connectivity index (χ2n) is 6.30. The maximum absolute atomic E-state index is 10.8. The van der Waals surface area contributed by atoms with E-state index in [9.17, 15) is 10.1 Å². The topological polar surface area (TPSA) is 101 Å². The van der Waals surface area contributed by atoms with Gasteiger partial charge in [-0.05, 0) is 24.6 Å². The third kappa shape index (κ3) is 3.42. The van der Waals surface area contributed by atoms with E-state index in [1.807, 2.05) is 31.2 Å². The van der Waals surface area contributed by atoms with Crippen LogP contribution in [0, 0.1) is 17.0 Å². The molecule has 0 unspecified atom stereocenters. The summed E-state index contributed by atoms with van der Waals surface area (Å²) in [6.07, 6.45) is 1.71. The van der Waals surface area contributed by atoms with Gasteiger partial charge in [0, 0.05) is 12.1 Å². The molecule has 0 bridgehead atoms. The maximum atomic E-state index is 10.8. The SMILES string of the molecule is Cc1ccc(-n2ncc(C3=NNNN3Cc3ccc([N+](=O)[O-])cc3)c2S)cc1. The number of benzene rings is 2. The third-order valence-electron chi connectivity index (χ3n) is 4.35. The van der Waals surface area contributed by atoms with Crippen LogP contribution in [0.3, 0.4) is 0 Å². The maximum Gasteiger partial charge on any atom is 0.269 e. The van der Waals surface area contributed by atoms with Gasteiger partial charge in [-0.1, -0.05) is 29.8 Å². The Morgan fingerprint density at radius 1 is 1.14 bits per heavy atom. The van der Waals surface area contributed by atoms with Crippen molar-refractivity contribution in [2.75, 3.05) is 0 Å². The van der Waals surface area contributed by atoms with Gasteiger partial charge in [0.1, 0.15) is 5.03 Å². The van der Waals surface area contributed by atoms with E-state index >= 15 is 0 Å². The second-order valence-corrected chi connectivity index (χ2v) is 6.72. The average molecular weight is 395 g/mol. The zero-order valence-electron chi connectivity index (χ0n) is 14.9. The zero-order chi connectivity index (χ0) is 19.7. The Morgan fingerprint density at radius 2 is 1.86 bits per heavy atom. The van der Waals surface area contributed by atoms with Crippen LogP contribution in [-0.2, 0) is 6.54 Å². The number of nitrogens with zero attached hydrogens (tertiary/aromatic N) is 5. The molecule has 2 aromatic carbocycles. The van der Waals surface area contributed by atoms with Crippen LogP contribution < -0.4 is 11.1 Å². The molecule has 28 heavy (non-hydrogen) atoms. The highest BCUT2D eigenvalue weighted by Crippen LogP contribution is 2.22. The number of aromatic nitrogens is 2. The zero-order valence-corrected chi connectivity index (χ0v) is 15.8. The number of hydrazone groups is 1. The molecule has 3 aromatic rings. The Bertz CT molecular complexity index is 1040. The van der Waals surface area contributed by atoms with Crippen LogP contribution >= 0.6 is 12.6 Å². The average Bonchev–Trinajstić information content (AvgIpc) is 3.29.